The van der Waals surface area contributed by atoms with Crippen LogP contribution in [0.15, 0.2) is 36.5 Å². The second kappa shape index (κ2) is 41.7. The number of allylic oxidation sites excluding steroid dienone is 6. The van der Waals surface area contributed by atoms with Gasteiger partial charge in [0.15, 0.2) is 6.29 Å². The maximum Gasteiger partial charge on any atom is 0.397 e. The van der Waals surface area contributed by atoms with E-state index in [1.54, 1.807) is 0 Å². The summed E-state index contributed by atoms with van der Waals surface area (Å²) in [7, 11) is -5.06. The number of unbranched alkanes of at least 4 members (excludes halogenated alkanes) is 25. The summed E-state index contributed by atoms with van der Waals surface area (Å²) in [5.74, 6) is -0.403. The van der Waals surface area contributed by atoms with Crippen LogP contribution in [0.4, 0.5) is 0 Å². The van der Waals surface area contributed by atoms with Crippen molar-refractivity contribution in [1.82, 2.24) is 0 Å². The summed E-state index contributed by atoms with van der Waals surface area (Å²) in [4.78, 5) is 12.9. The molecule has 6 atom stereocenters. The van der Waals surface area contributed by atoms with E-state index >= 15 is 0 Å². The Bertz CT molecular complexity index is 1240. The Labute approximate surface area is 383 Å². The fourth-order valence-corrected chi connectivity index (χ4v) is 8.15. The number of aliphatic hydroxyl groups excluding tert-OH is 3. The van der Waals surface area contributed by atoms with E-state index in [-0.39, 0.29) is 19.6 Å². The number of ether oxygens (including phenoxy) is 4. The Morgan fingerprint density at radius 2 is 1.05 bits per heavy atom. The third kappa shape index (κ3) is 35.2. The number of hydrogen-bond donors (Lipinski definition) is 4. The minimum absolute atomic E-state index is 0.0322. The van der Waals surface area contributed by atoms with E-state index in [2.05, 4.69) is 54.5 Å². The lowest BCUT2D eigenvalue weighted by atomic mass is 9.99. The topological polar surface area (TPSA) is 178 Å². The lowest BCUT2D eigenvalue weighted by Crippen LogP contribution is -2.60. The van der Waals surface area contributed by atoms with Gasteiger partial charge in [-0.3, -0.25) is 9.35 Å². The van der Waals surface area contributed by atoms with Crippen molar-refractivity contribution in [3.63, 3.8) is 0 Å². The van der Waals surface area contributed by atoms with Gasteiger partial charge in [-0.05, 0) is 70.6 Å². The van der Waals surface area contributed by atoms with Crippen LogP contribution in [0, 0.1) is 0 Å². The van der Waals surface area contributed by atoms with E-state index in [1.165, 1.54) is 135 Å². The number of hydrogen-bond acceptors (Lipinski definition) is 11. The Morgan fingerprint density at radius 3 is 1.56 bits per heavy atom. The molecule has 370 valence electrons. The molecular weight excluding hydrogens is 825 g/mol. The van der Waals surface area contributed by atoms with Crippen LogP contribution in [0.1, 0.15) is 213 Å². The van der Waals surface area contributed by atoms with Gasteiger partial charge in [-0.2, -0.15) is 8.42 Å². The molecule has 12 nitrogen and oxygen atoms in total. The van der Waals surface area contributed by atoms with E-state index in [0.29, 0.717) is 13.0 Å². The zero-order valence-electron chi connectivity index (χ0n) is 39.6. The summed E-state index contributed by atoms with van der Waals surface area (Å²) < 4.78 is 59.2. The fourth-order valence-electron chi connectivity index (χ4n) is 7.64. The predicted octanol–water partition coefficient (Wildman–Crippen LogP) is 11.4. The molecule has 0 aromatic heterocycles. The number of esters is 1. The SMILES string of the molecule is CCCCC/C=C\CCCCCCCCOCC(COC1OC(CO)C(O)C(OS(=O)(=O)O)C1O)OC(=O)CCCCCCCCCCCCC/C=C\C/C=C\CCCCCCC. The Balaban J connectivity index is 2.34. The monoisotopic (exact) mass is 917 g/mol. The third-order valence-electron chi connectivity index (χ3n) is 11.5. The summed E-state index contributed by atoms with van der Waals surface area (Å²) in [6.45, 7) is 3.96. The molecule has 1 saturated heterocycles. The summed E-state index contributed by atoms with van der Waals surface area (Å²) in [6, 6.07) is 0. The van der Waals surface area contributed by atoms with Crippen molar-refractivity contribution in [2.75, 3.05) is 26.4 Å². The smallest absolute Gasteiger partial charge is 0.397 e. The number of carbonyl (C=O) groups is 1. The summed E-state index contributed by atoms with van der Waals surface area (Å²) in [6.07, 6.45) is 40.3. The van der Waals surface area contributed by atoms with E-state index in [1.807, 2.05) is 0 Å². The van der Waals surface area contributed by atoms with Gasteiger partial charge in [-0.25, -0.2) is 4.18 Å². The highest BCUT2D eigenvalue weighted by Crippen LogP contribution is 2.26. The van der Waals surface area contributed by atoms with E-state index < -0.39 is 59.8 Å². The van der Waals surface area contributed by atoms with Crippen LogP contribution >= 0.6 is 0 Å². The molecule has 0 bridgehead atoms. The lowest BCUT2D eigenvalue weighted by Gasteiger charge is -2.41. The van der Waals surface area contributed by atoms with Crippen molar-refractivity contribution >= 4 is 16.4 Å². The van der Waals surface area contributed by atoms with Crippen LogP contribution in [0.5, 0.6) is 0 Å². The summed E-state index contributed by atoms with van der Waals surface area (Å²) in [5, 5.41) is 30.7. The van der Waals surface area contributed by atoms with Crippen LogP contribution in [0.3, 0.4) is 0 Å². The van der Waals surface area contributed by atoms with Crippen LogP contribution in [0.25, 0.3) is 0 Å². The molecule has 0 aliphatic carbocycles. The zero-order chi connectivity index (χ0) is 46.1. The molecule has 0 radical (unpaired) electrons. The van der Waals surface area contributed by atoms with Crippen molar-refractivity contribution in [2.24, 2.45) is 0 Å². The molecule has 1 heterocycles. The van der Waals surface area contributed by atoms with E-state index in [0.717, 1.165) is 51.4 Å². The third-order valence-corrected chi connectivity index (χ3v) is 12.0. The normalized spacial score (nSPS) is 20.1. The fraction of sp³-hybridized carbons (Fsp3) is 0.860. The molecule has 0 aromatic carbocycles. The molecule has 1 fully saturated rings. The van der Waals surface area contributed by atoms with Gasteiger partial charge in [0.05, 0.1) is 19.8 Å². The number of carbonyl (C=O) groups excluding carboxylic acids is 1. The molecule has 0 saturated carbocycles. The summed E-state index contributed by atoms with van der Waals surface area (Å²) in [5.41, 5.74) is 0. The molecule has 0 aromatic rings. The first kappa shape index (κ1) is 59.3. The Hall–Kier alpha value is -1.68. The van der Waals surface area contributed by atoms with Crippen molar-refractivity contribution in [3.05, 3.63) is 36.5 Å². The van der Waals surface area contributed by atoms with Crippen LogP contribution in [-0.2, 0) is 38.3 Å². The highest BCUT2D eigenvalue weighted by Gasteiger charge is 2.48. The van der Waals surface area contributed by atoms with Gasteiger partial charge in [0.25, 0.3) is 0 Å². The second-order valence-electron chi connectivity index (χ2n) is 17.4. The van der Waals surface area contributed by atoms with E-state index in [4.69, 9.17) is 18.9 Å². The molecule has 1 aliphatic rings. The van der Waals surface area contributed by atoms with Crippen molar-refractivity contribution in [3.8, 4) is 0 Å². The molecule has 0 amide bonds. The van der Waals surface area contributed by atoms with Gasteiger partial charge < -0.3 is 34.3 Å². The number of aliphatic hydroxyl groups is 3. The lowest BCUT2D eigenvalue weighted by molar-refractivity contribution is -0.301. The average molecular weight is 917 g/mol. The van der Waals surface area contributed by atoms with E-state index in [9.17, 15) is 33.1 Å². The predicted molar refractivity (Wildman–Crippen MR) is 253 cm³/mol. The Kier molecular flexibility index (Phi) is 39.3. The van der Waals surface area contributed by atoms with Gasteiger partial charge in [-0.15, -0.1) is 0 Å². The van der Waals surface area contributed by atoms with Crippen molar-refractivity contribution in [1.29, 1.82) is 0 Å². The maximum absolute atomic E-state index is 12.9. The molecular formula is C50H92O12S. The molecule has 6 unspecified atom stereocenters. The minimum Gasteiger partial charge on any atom is -0.457 e. The molecule has 1 aliphatic heterocycles. The molecule has 63 heavy (non-hydrogen) atoms. The maximum atomic E-state index is 12.9. The summed E-state index contributed by atoms with van der Waals surface area (Å²) >= 11 is 0. The molecule has 4 N–H and O–H groups in total. The Morgan fingerprint density at radius 1 is 0.603 bits per heavy atom. The average Bonchev–Trinajstić information content (AvgIpc) is 3.26. The highest BCUT2D eigenvalue weighted by molar-refractivity contribution is 7.80. The second-order valence-corrected chi connectivity index (χ2v) is 18.4. The largest absolute Gasteiger partial charge is 0.457 e. The minimum atomic E-state index is -5.06. The van der Waals surface area contributed by atoms with Crippen LogP contribution < -0.4 is 0 Å². The van der Waals surface area contributed by atoms with Crippen LogP contribution in [0.2, 0.25) is 0 Å². The van der Waals surface area contributed by atoms with Crippen molar-refractivity contribution in [2.45, 2.75) is 250 Å². The van der Waals surface area contributed by atoms with Crippen molar-refractivity contribution < 1.29 is 56.2 Å². The first-order valence-electron chi connectivity index (χ1n) is 25.2. The quantitative estimate of drug-likeness (QED) is 0.0197. The van der Waals surface area contributed by atoms with Gasteiger partial charge in [-0.1, -0.05) is 172 Å². The van der Waals surface area contributed by atoms with Gasteiger partial charge >= 0.3 is 16.4 Å². The molecule has 0 spiro atoms. The first-order valence-corrected chi connectivity index (χ1v) is 26.6. The zero-order valence-corrected chi connectivity index (χ0v) is 40.5. The van der Waals surface area contributed by atoms with Gasteiger partial charge in [0.2, 0.25) is 0 Å². The first-order chi connectivity index (χ1) is 30.6. The molecule has 13 heteroatoms. The highest BCUT2D eigenvalue weighted by atomic mass is 32.3. The van der Waals surface area contributed by atoms with Gasteiger partial charge in [0.1, 0.15) is 30.5 Å². The standard InChI is InChI=1S/C50H92O12S/c1-3-5-7-9-11-13-15-17-18-19-20-21-22-23-24-25-26-27-29-31-33-35-37-39-46(52)60-44(42-58-40-38-36-34-32-30-28-16-14-12-10-8-6-4-2)43-59-50-48(54)49(62-63(55,56)57)47(53)45(41-51)61-50/h12,14-15,17,19-20,44-45,47-51,53-54H,3-11,13,16,18,21-43H2,1-2H3,(H,55,56,57)/b14-12-,17-15-,20-19-. The van der Waals surface area contributed by atoms with Crippen LogP contribution in [-0.4, -0.2) is 97.5 Å². The number of rotatable bonds is 44. The molecule has 1 rings (SSSR count). The van der Waals surface area contributed by atoms with Gasteiger partial charge in [0, 0.05) is 13.0 Å².